The number of aliphatic hydroxyl groups is 1. The second-order valence-corrected chi connectivity index (χ2v) is 6.85. The van der Waals surface area contributed by atoms with Gasteiger partial charge in [0.15, 0.2) is 0 Å². The van der Waals surface area contributed by atoms with E-state index in [-0.39, 0.29) is 29.1 Å². The van der Waals surface area contributed by atoms with Crippen LogP contribution in [0, 0.1) is 6.92 Å². The Morgan fingerprint density at radius 2 is 2.00 bits per heavy atom. The molecule has 0 saturated carbocycles. The molecular formula is C12H19ClN2O3S. The van der Waals surface area contributed by atoms with Crippen LogP contribution in [0.2, 0.25) is 5.02 Å². The highest BCUT2D eigenvalue weighted by Gasteiger charge is 2.28. The van der Waals surface area contributed by atoms with E-state index in [4.69, 9.17) is 22.4 Å². The van der Waals surface area contributed by atoms with Crippen molar-refractivity contribution in [1.29, 1.82) is 0 Å². The molecule has 5 nitrogen and oxygen atoms in total. The van der Waals surface area contributed by atoms with Gasteiger partial charge in [-0.25, -0.2) is 8.42 Å². The molecular weight excluding hydrogens is 288 g/mol. The molecule has 0 bridgehead atoms. The molecule has 0 aliphatic carbocycles. The smallest absolute Gasteiger partial charge is 0.243 e. The number of nitrogens with zero attached hydrogens (tertiary/aromatic N) is 1. The first-order valence-corrected chi connectivity index (χ1v) is 7.72. The molecule has 108 valence electrons. The summed E-state index contributed by atoms with van der Waals surface area (Å²) in [7, 11) is -3.73. The third kappa shape index (κ3) is 3.39. The predicted octanol–water partition coefficient (Wildman–Crippen LogP) is 1.62. The van der Waals surface area contributed by atoms with E-state index in [0.717, 1.165) is 0 Å². The summed E-state index contributed by atoms with van der Waals surface area (Å²) < 4.78 is 26.4. The van der Waals surface area contributed by atoms with Gasteiger partial charge in [-0.2, -0.15) is 4.31 Å². The zero-order valence-electron chi connectivity index (χ0n) is 11.2. The molecule has 1 rings (SSSR count). The third-order valence-electron chi connectivity index (χ3n) is 2.85. The van der Waals surface area contributed by atoms with Crippen LogP contribution in [0.4, 0.5) is 5.69 Å². The summed E-state index contributed by atoms with van der Waals surface area (Å²) in [4.78, 5) is 0.0830. The number of anilines is 1. The van der Waals surface area contributed by atoms with E-state index in [1.165, 1.54) is 16.4 Å². The Morgan fingerprint density at radius 3 is 2.47 bits per heavy atom. The van der Waals surface area contributed by atoms with Crippen LogP contribution in [-0.4, -0.2) is 37.0 Å². The Hall–Kier alpha value is -0.820. The lowest BCUT2D eigenvalue weighted by Crippen LogP contribution is -2.39. The number of hydrogen-bond donors (Lipinski definition) is 2. The largest absolute Gasteiger partial charge is 0.398 e. The van der Waals surface area contributed by atoms with Gasteiger partial charge in [-0.15, -0.1) is 0 Å². The zero-order valence-corrected chi connectivity index (χ0v) is 12.8. The minimum Gasteiger partial charge on any atom is -0.398 e. The Morgan fingerprint density at radius 1 is 1.42 bits per heavy atom. The van der Waals surface area contributed by atoms with Crippen LogP contribution in [0.25, 0.3) is 0 Å². The Kier molecular flexibility index (Phi) is 5.20. The molecule has 0 saturated heterocycles. The van der Waals surface area contributed by atoms with E-state index in [1.54, 1.807) is 20.8 Å². The first-order chi connectivity index (χ1) is 8.71. The van der Waals surface area contributed by atoms with Crippen LogP contribution in [0.15, 0.2) is 17.0 Å². The molecule has 19 heavy (non-hydrogen) atoms. The number of sulfonamides is 1. The lowest BCUT2D eigenvalue weighted by atomic mass is 10.2. The van der Waals surface area contributed by atoms with Gasteiger partial charge in [0.1, 0.15) is 0 Å². The molecule has 0 aromatic heterocycles. The molecule has 3 N–H and O–H groups in total. The van der Waals surface area contributed by atoms with Crippen molar-refractivity contribution in [2.45, 2.75) is 31.7 Å². The van der Waals surface area contributed by atoms with Gasteiger partial charge in [-0.1, -0.05) is 11.6 Å². The lowest BCUT2D eigenvalue weighted by molar-refractivity contribution is 0.236. The normalized spacial score (nSPS) is 12.4. The highest BCUT2D eigenvalue weighted by Crippen LogP contribution is 2.29. The van der Waals surface area contributed by atoms with Crippen molar-refractivity contribution in [2.75, 3.05) is 18.9 Å². The van der Waals surface area contributed by atoms with Gasteiger partial charge in [0, 0.05) is 23.3 Å². The van der Waals surface area contributed by atoms with Crippen LogP contribution in [0.1, 0.15) is 19.4 Å². The van der Waals surface area contributed by atoms with Crippen molar-refractivity contribution < 1.29 is 13.5 Å². The Labute approximate surface area is 119 Å². The number of benzene rings is 1. The van der Waals surface area contributed by atoms with E-state index in [0.29, 0.717) is 11.3 Å². The number of halogens is 1. The fraction of sp³-hybridized carbons (Fsp3) is 0.500. The molecule has 1 aromatic rings. The van der Waals surface area contributed by atoms with E-state index in [9.17, 15) is 8.42 Å². The van der Waals surface area contributed by atoms with Crippen LogP contribution in [0.3, 0.4) is 0 Å². The van der Waals surface area contributed by atoms with Gasteiger partial charge in [-0.05, 0) is 38.5 Å². The molecule has 0 amide bonds. The molecule has 0 atom stereocenters. The van der Waals surface area contributed by atoms with Gasteiger partial charge in [-0.3, -0.25) is 0 Å². The maximum Gasteiger partial charge on any atom is 0.243 e. The second-order valence-electron chi connectivity index (χ2n) is 4.55. The van der Waals surface area contributed by atoms with Crippen molar-refractivity contribution in [3.05, 3.63) is 22.7 Å². The van der Waals surface area contributed by atoms with Gasteiger partial charge in [0.2, 0.25) is 10.0 Å². The van der Waals surface area contributed by atoms with Crippen LogP contribution in [0.5, 0.6) is 0 Å². The van der Waals surface area contributed by atoms with Crippen molar-refractivity contribution in [1.82, 2.24) is 4.31 Å². The average Bonchev–Trinajstić information content (AvgIpc) is 2.29. The van der Waals surface area contributed by atoms with E-state index in [1.807, 2.05) is 0 Å². The maximum atomic E-state index is 12.6. The van der Waals surface area contributed by atoms with Crippen LogP contribution in [-0.2, 0) is 10.0 Å². The summed E-state index contributed by atoms with van der Waals surface area (Å²) in [5, 5.41) is 9.29. The molecule has 1 aromatic carbocycles. The fourth-order valence-corrected chi connectivity index (χ4v) is 4.02. The van der Waals surface area contributed by atoms with Gasteiger partial charge < -0.3 is 10.8 Å². The topological polar surface area (TPSA) is 83.6 Å². The minimum atomic E-state index is -3.73. The van der Waals surface area contributed by atoms with Crippen molar-refractivity contribution in [3.63, 3.8) is 0 Å². The summed E-state index contributed by atoms with van der Waals surface area (Å²) in [6.45, 7) is 4.92. The molecule has 0 unspecified atom stereocenters. The van der Waals surface area contributed by atoms with E-state index >= 15 is 0 Å². The predicted molar refractivity (Wildman–Crippen MR) is 76.7 cm³/mol. The number of rotatable bonds is 5. The van der Waals surface area contributed by atoms with Gasteiger partial charge >= 0.3 is 0 Å². The van der Waals surface area contributed by atoms with Crippen molar-refractivity contribution in [3.8, 4) is 0 Å². The Bertz CT molecular complexity index is 558. The molecule has 0 spiro atoms. The van der Waals surface area contributed by atoms with Gasteiger partial charge in [0.25, 0.3) is 0 Å². The first-order valence-electron chi connectivity index (χ1n) is 5.90. The number of nitrogen functional groups attached to an aromatic ring is 1. The number of hydrogen-bond acceptors (Lipinski definition) is 4. The summed E-state index contributed by atoms with van der Waals surface area (Å²) in [5.74, 6) is 0. The zero-order chi connectivity index (χ0) is 14.8. The molecule has 0 fully saturated rings. The standard InChI is InChI=1S/C12H19ClN2O3S/c1-8(2)15(4-5-16)19(17,18)12-7-10(13)6-11(14)9(12)3/h6-8,16H,4-5,14H2,1-3H3. The highest BCUT2D eigenvalue weighted by molar-refractivity contribution is 7.89. The summed E-state index contributed by atoms with van der Waals surface area (Å²) in [6.07, 6.45) is 0. The SMILES string of the molecule is Cc1c(N)cc(Cl)cc1S(=O)(=O)N(CCO)C(C)C. The van der Waals surface area contributed by atoms with Gasteiger partial charge in [0.05, 0.1) is 11.5 Å². The summed E-state index contributed by atoms with van der Waals surface area (Å²) in [6, 6.07) is 2.63. The van der Waals surface area contributed by atoms with E-state index in [2.05, 4.69) is 0 Å². The quantitative estimate of drug-likeness (QED) is 0.810. The maximum absolute atomic E-state index is 12.6. The van der Waals surface area contributed by atoms with Crippen LogP contribution >= 0.6 is 11.6 Å². The third-order valence-corrected chi connectivity index (χ3v) is 5.27. The molecule has 0 aliphatic rings. The number of aliphatic hydroxyl groups excluding tert-OH is 1. The average molecular weight is 307 g/mol. The molecule has 0 aliphatic heterocycles. The monoisotopic (exact) mass is 306 g/mol. The first kappa shape index (κ1) is 16.2. The Balaban J connectivity index is 3.41. The van der Waals surface area contributed by atoms with Crippen molar-refractivity contribution in [2.24, 2.45) is 0 Å². The number of nitrogens with two attached hydrogens (primary N) is 1. The van der Waals surface area contributed by atoms with Crippen LogP contribution < -0.4 is 5.73 Å². The summed E-state index contributed by atoms with van der Waals surface area (Å²) >= 11 is 5.88. The van der Waals surface area contributed by atoms with Crippen molar-refractivity contribution >= 4 is 27.3 Å². The highest BCUT2D eigenvalue weighted by atomic mass is 35.5. The molecule has 7 heteroatoms. The lowest BCUT2D eigenvalue weighted by Gasteiger charge is -2.26. The minimum absolute atomic E-state index is 0.0336. The second kappa shape index (κ2) is 6.09. The van der Waals surface area contributed by atoms with E-state index < -0.39 is 10.0 Å². The molecule has 0 radical (unpaired) electrons. The fourth-order valence-electron chi connectivity index (χ4n) is 1.82. The molecule has 0 heterocycles. The summed E-state index contributed by atoms with van der Waals surface area (Å²) in [5.41, 5.74) is 6.55.